The summed E-state index contributed by atoms with van der Waals surface area (Å²) >= 11 is 0. The second kappa shape index (κ2) is 5.08. The lowest BCUT2D eigenvalue weighted by Gasteiger charge is -2.10. The lowest BCUT2D eigenvalue weighted by atomic mass is 10.3. The third-order valence-corrected chi connectivity index (χ3v) is 3.65. The Morgan fingerprint density at radius 2 is 1.89 bits per heavy atom. The Kier molecular flexibility index (Phi) is 3.96. The Morgan fingerprint density at radius 3 is 2.39 bits per heavy atom. The summed E-state index contributed by atoms with van der Waals surface area (Å²) in [5, 5.41) is 9.63. The molecule has 9 heteroatoms. The molecule has 98 valence electrons. The zero-order valence-corrected chi connectivity index (χ0v) is 10.4. The molecule has 0 radical (unpaired) electrons. The van der Waals surface area contributed by atoms with Crippen LogP contribution in [0.5, 0.6) is 0 Å². The number of rotatable bonds is 4. The van der Waals surface area contributed by atoms with Gasteiger partial charge in [0.1, 0.15) is 5.25 Å². The molecule has 1 rings (SSSR count). The normalized spacial score (nSPS) is 12.8. The van der Waals surface area contributed by atoms with E-state index < -0.39 is 32.7 Å². The van der Waals surface area contributed by atoms with Gasteiger partial charge >= 0.3 is 5.97 Å². The van der Waals surface area contributed by atoms with Crippen LogP contribution in [-0.2, 0) is 14.6 Å². The van der Waals surface area contributed by atoms with E-state index in [4.69, 9.17) is 5.11 Å². The Bertz CT molecular complexity index is 584. The molecule has 0 aliphatic carbocycles. The quantitative estimate of drug-likeness (QED) is 0.760. The first-order valence-electron chi connectivity index (χ1n) is 4.77. The molecule has 1 unspecified atom stereocenters. The number of hydrogen-bond acceptors (Lipinski definition) is 6. The fourth-order valence-electron chi connectivity index (χ4n) is 0.999. The summed E-state index contributed by atoms with van der Waals surface area (Å²) in [4.78, 5) is 29.5. The van der Waals surface area contributed by atoms with Gasteiger partial charge in [0.15, 0.2) is 21.3 Å². The Hall–Kier alpha value is -2.03. The molecule has 0 saturated heterocycles. The molecule has 1 aromatic rings. The van der Waals surface area contributed by atoms with Crippen molar-refractivity contribution in [2.24, 2.45) is 0 Å². The lowest BCUT2D eigenvalue weighted by molar-refractivity contribution is -0.115. The molecule has 2 N–H and O–H groups in total. The highest BCUT2D eigenvalue weighted by molar-refractivity contribution is 7.92. The fraction of sp³-hybridized carbons (Fsp3) is 0.333. The molecule has 0 bridgehead atoms. The Balaban J connectivity index is 2.99. The Labute approximate surface area is 103 Å². The van der Waals surface area contributed by atoms with Crippen molar-refractivity contribution in [3.63, 3.8) is 0 Å². The average molecular weight is 273 g/mol. The third-order valence-electron chi connectivity index (χ3n) is 2.15. The number of nitrogens with zero attached hydrogens (tertiary/aromatic N) is 2. The van der Waals surface area contributed by atoms with Gasteiger partial charge in [-0.05, 0) is 6.92 Å². The summed E-state index contributed by atoms with van der Waals surface area (Å²) in [6.45, 7) is 1.20. The average Bonchev–Trinajstić information content (AvgIpc) is 2.27. The maximum Gasteiger partial charge on any atom is 0.358 e. The molecule has 1 aromatic heterocycles. The molecule has 1 heterocycles. The van der Waals surface area contributed by atoms with E-state index in [0.29, 0.717) is 0 Å². The number of sulfone groups is 1. The number of carbonyl (C=O) groups excluding carboxylic acids is 1. The predicted molar refractivity (Wildman–Crippen MR) is 61.9 cm³/mol. The van der Waals surface area contributed by atoms with Crippen molar-refractivity contribution in [2.45, 2.75) is 12.2 Å². The highest BCUT2D eigenvalue weighted by Gasteiger charge is 2.25. The molecule has 0 saturated carbocycles. The molecule has 0 spiro atoms. The van der Waals surface area contributed by atoms with Gasteiger partial charge in [0.25, 0.3) is 0 Å². The minimum absolute atomic E-state index is 0.287. The van der Waals surface area contributed by atoms with Gasteiger partial charge in [-0.2, -0.15) is 0 Å². The SMILES string of the molecule is CC(C(=O)Nc1nccnc1C(=O)O)S(C)(=O)=O. The number of nitrogens with one attached hydrogen (secondary N) is 1. The van der Waals surface area contributed by atoms with E-state index in [1.807, 2.05) is 0 Å². The molecule has 0 aromatic carbocycles. The van der Waals surface area contributed by atoms with E-state index in [-0.39, 0.29) is 5.82 Å². The smallest absolute Gasteiger partial charge is 0.358 e. The lowest BCUT2D eigenvalue weighted by Crippen LogP contribution is -2.32. The van der Waals surface area contributed by atoms with Crippen molar-refractivity contribution in [3.05, 3.63) is 18.1 Å². The van der Waals surface area contributed by atoms with Crippen molar-refractivity contribution in [1.29, 1.82) is 0 Å². The van der Waals surface area contributed by atoms with Gasteiger partial charge < -0.3 is 10.4 Å². The van der Waals surface area contributed by atoms with Crippen LogP contribution in [0.15, 0.2) is 12.4 Å². The highest BCUT2D eigenvalue weighted by atomic mass is 32.2. The van der Waals surface area contributed by atoms with E-state index in [9.17, 15) is 18.0 Å². The van der Waals surface area contributed by atoms with Crippen LogP contribution >= 0.6 is 0 Å². The Morgan fingerprint density at radius 1 is 1.33 bits per heavy atom. The van der Waals surface area contributed by atoms with Crippen LogP contribution in [0.25, 0.3) is 0 Å². The number of carboxylic acids is 1. The number of aromatic nitrogens is 2. The molecule has 1 amide bonds. The maximum atomic E-state index is 11.6. The molecule has 0 fully saturated rings. The van der Waals surface area contributed by atoms with E-state index in [0.717, 1.165) is 12.5 Å². The van der Waals surface area contributed by atoms with Crippen molar-refractivity contribution in [2.75, 3.05) is 11.6 Å². The largest absolute Gasteiger partial charge is 0.476 e. The van der Waals surface area contributed by atoms with Crippen LogP contribution in [0.3, 0.4) is 0 Å². The van der Waals surface area contributed by atoms with Crippen molar-refractivity contribution in [1.82, 2.24) is 9.97 Å². The second-order valence-electron chi connectivity index (χ2n) is 3.52. The number of carbonyl (C=O) groups is 2. The van der Waals surface area contributed by atoms with Gasteiger partial charge in [-0.15, -0.1) is 0 Å². The summed E-state index contributed by atoms with van der Waals surface area (Å²) in [6.07, 6.45) is 3.25. The molecule has 8 nitrogen and oxygen atoms in total. The van der Waals surface area contributed by atoms with Gasteiger partial charge in [-0.25, -0.2) is 23.2 Å². The van der Waals surface area contributed by atoms with Crippen LogP contribution in [-0.4, -0.2) is 46.9 Å². The second-order valence-corrected chi connectivity index (χ2v) is 5.89. The standard InChI is InChI=1S/C9H11N3O5S/c1-5(18(2,16)17)8(13)12-7-6(9(14)15)10-3-4-11-7/h3-5H,1-2H3,(H,14,15)(H,11,12,13). The minimum atomic E-state index is -3.56. The molecule has 18 heavy (non-hydrogen) atoms. The van der Waals surface area contributed by atoms with Gasteiger partial charge in [0, 0.05) is 18.6 Å². The zero-order valence-electron chi connectivity index (χ0n) is 9.61. The maximum absolute atomic E-state index is 11.6. The van der Waals surface area contributed by atoms with Crippen LogP contribution in [0.1, 0.15) is 17.4 Å². The molecule has 0 aliphatic rings. The van der Waals surface area contributed by atoms with Crippen LogP contribution < -0.4 is 5.32 Å². The van der Waals surface area contributed by atoms with Crippen LogP contribution in [0.2, 0.25) is 0 Å². The number of aromatic carboxylic acids is 1. The van der Waals surface area contributed by atoms with Gasteiger partial charge in [0.2, 0.25) is 5.91 Å². The monoisotopic (exact) mass is 273 g/mol. The topological polar surface area (TPSA) is 126 Å². The van der Waals surface area contributed by atoms with Crippen molar-refractivity contribution < 1.29 is 23.1 Å². The first kappa shape index (κ1) is 14.0. The van der Waals surface area contributed by atoms with Gasteiger partial charge in [-0.3, -0.25) is 4.79 Å². The van der Waals surface area contributed by atoms with E-state index in [1.54, 1.807) is 0 Å². The number of anilines is 1. The summed E-state index contributed by atoms with van der Waals surface area (Å²) < 4.78 is 22.3. The summed E-state index contributed by atoms with van der Waals surface area (Å²) in [5.74, 6) is -2.52. The van der Waals surface area contributed by atoms with E-state index in [2.05, 4.69) is 15.3 Å². The number of carboxylic acid groups (broad SMARTS) is 1. The molecule has 1 atom stereocenters. The zero-order chi connectivity index (χ0) is 13.9. The summed E-state index contributed by atoms with van der Waals surface area (Å²) in [5.41, 5.74) is -0.452. The van der Waals surface area contributed by atoms with E-state index in [1.165, 1.54) is 13.1 Å². The first-order chi connectivity index (χ1) is 8.23. The van der Waals surface area contributed by atoms with Crippen LogP contribution in [0.4, 0.5) is 5.82 Å². The summed E-state index contributed by atoms with van der Waals surface area (Å²) in [7, 11) is -3.56. The van der Waals surface area contributed by atoms with Crippen molar-refractivity contribution in [3.8, 4) is 0 Å². The molecular weight excluding hydrogens is 262 g/mol. The van der Waals surface area contributed by atoms with E-state index >= 15 is 0 Å². The van der Waals surface area contributed by atoms with Gasteiger partial charge in [0.05, 0.1) is 0 Å². The third kappa shape index (κ3) is 3.23. The number of hydrogen-bond donors (Lipinski definition) is 2. The van der Waals surface area contributed by atoms with Crippen molar-refractivity contribution >= 4 is 27.5 Å². The first-order valence-corrected chi connectivity index (χ1v) is 6.73. The predicted octanol–water partition coefficient (Wildman–Crippen LogP) is -0.454. The summed E-state index contributed by atoms with van der Waals surface area (Å²) in [6, 6.07) is 0. The number of amides is 1. The molecular formula is C9H11N3O5S. The minimum Gasteiger partial charge on any atom is -0.476 e. The van der Waals surface area contributed by atoms with Crippen LogP contribution in [0, 0.1) is 0 Å². The highest BCUT2D eigenvalue weighted by Crippen LogP contribution is 2.10. The fourth-order valence-corrected chi connectivity index (χ4v) is 1.45. The van der Waals surface area contributed by atoms with Gasteiger partial charge in [-0.1, -0.05) is 0 Å². The molecule has 0 aliphatic heterocycles.